The average Bonchev–Trinajstić information content (AvgIpc) is 2.96. The molecule has 162 valence electrons. The van der Waals surface area contributed by atoms with E-state index in [4.69, 9.17) is 4.74 Å². The standard InChI is InChI=1S/C24H26N2O4S/c1-18-21(16-25-31(28,29)15-14-19-10-6-5-7-11-19)20-12-8-9-13-22(20)26(18)17-23(27)30-24(2,3)4/h5-16H,17H2,1-4H3. The molecule has 0 radical (unpaired) electrons. The van der Waals surface area contributed by atoms with Crippen LogP contribution in [-0.4, -0.2) is 30.8 Å². The van der Waals surface area contributed by atoms with Crippen molar-refractivity contribution in [2.75, 3.05) is 0 Å². The normalized spacial score (nSPS) is 12.8. The minimum absolute atomic E-state index is 0.0259. The van der Waals surface area contributed by atoms with Gasteiger partial charge >= 0.3 is 5.97 Å². The van der Waals surface area contributed by atoms with Crippen LogP contribution in [0.15, 0.2) is 64.4 Å². The summed E-state index contributed by atoms with van der Waals surface area (Å²) >= 11 is 0. The molecule has 0 unspecified atom stereocenters. The number of carbonyl (C=O) groups is 1. The molecule has 0 saturated heterocycles. The van der Waals surface area contributed by atoms with E-state index in [1.165, 1.54) is 12.3 Å². The summed E-state index contributed by atoms with van der Waals surface area (Å²) in [4.78, 5) is 12.4. The number of hydrogen-bond donors (Lipinski definition) is 0. The summed E-state index contributed by atoms with van der Waals surface area (Å²) < 4.78 is 35.9. The molecule has 2 aromatic carbocycles. The molecule has 3 aromatic rings. The van der Waals surface area contributed by atoms with Crippen molar-refractivity contribution < 1.29 is 17.9 Å². The van der Waals surface area contributed by atoms with Gasteiger partial charge in [-0.15, -0.1) is 0 Å². The number of para-hydroxylation sites is 1. The number of carbonyl (C=O) groups excluding carboxylic acids is 1. The lowest BCUT2D eigenvalue weighted by Gasteiger charge is -2.20. The van der Waals surface area contributed by atoms with E-state index in [-0.39, 0.29) is 12.5 Å². The lowest BCUT2D eigenvalue weighted by atomic mass is 10.1. The number of hydrogen-bond acceptors (Lipinski definition) is 4. The van der Waals surface area contributed by atoms with Crippen LogP contribution in [0.5, 0.6) is 0 Å². The van der Waals surface area contributed by atoms with E-state index in [1.807, 2.05) is 86.9 Å². The summed E-state index contributed by atoms with van der Waals surface area (Å²) in [6, 6.07) is 16.6. The van der Waals surface area contributed by atoms with Gasteiger partial charge in [0.25, 0.3) is 10.0 Å². The molecule has 3 rings (SSSR count). The Morgan fingerprint density at radius 2 is 1.71 bits per heavy atom. The van der Waals surface area contributed by atoms with Crippen LogP contribution in [0, 0.1) is 6.92 Å². The van der Waals surface area contributed by atoms with Crippen LogP contribution in [0.25, 0.3) is 17.0 Å². The molecule has 1 heterocycles. The molecule has 31 heavy (non-hydrogen) atoms. The summed E-state index contributed by atoms with van der Waals surface area (Å²) in [5.41, 5.74) is 2.38. The van der Waals surface area contributed by atoms with Crippen molar-refractivity contribution in [3.8, 4) is 0 Å². The van der Waals surface area contributed by atoms with Gasteiger partial charge in [-0.1, -0.05) is 48.5 Å². The highest BCUT2D eigenvalue weighted by Gasteiger charge is 2.20. The maximum Gasteiger partial charge on any atom is 0.326 e. The maximum absolute atomic E-state index is 12.4. The Bertz CT molecular complexity index is 1250. The molecule has 7 heteroatoms. The van der Waals surface area contributed by atoms with Crippen molar-refractivity contribution in [2.45, 2.75) is 39.8 Å². The number of fused-ring (bicyclic) bond motifs is 1. The number of benzene rings is 2. The van der Waals surface area contributed by atoms with Gasteiger partial charge in [-0.3, -0.25) is 4.79 Å². The first kappa shape index (κ1) is 22.5. The van der Waals surface area contributed by atoms with Gasteiger partial charge in [-0.05, 0) is 45.4 Å². The topological polar surface area (TPSA) is 77.7 Å². The zero-order valence-electron chi connectivity index (χ0n) is 18.1. The number of ether oxygens (including phenoxy) is 1. The summed E-state index contributed by atoms with van der Waals surface area (Å²) in [5.74, 6) is -0.363. The number of esters is 1. The lowest BCUT2D eigenvalue weighted by molar-refractivity contribution is -0.155. The first-order chi connectivity index (χ1) is 14.6. The van der Waals surface area contributed by atoms with Crippen LogP contribution in [0.1, 0.15) is 37.6 Å². The Morgan fingerprint density at radius 1 is 1.06 bits per heavy atom. The molecule has 0 atom stereocenters. The molecule has 6 nitrogen and oxygen atoms in total. The molecule has 0 aliphatic carbocycles. The third kappa shape index (κ3) is 5.92. The summed E-state index contributed by atoms with van der Waals surface area (Å²) in [6.07, 6.45) is 2.85. The van der Waals surface area contributed by atoms with Gasteiger partial charge in [0.1, 0.15) is 12.1 Å². The highest BCUT2D eigenvalue weighted by Crippen LogP contribution is 2.25. The van der Waals surface area contributed by atoms with Gasteiger partial charge in [0.2, 0.25) is 0 Å². The zero-order chi connectivity index (χ0) is 22.6. The molecule has 0 saturated carbocycles. The third-order valence-corrected chi connectivity index (χ3v) is 5.43. The Morgan fingerprint density at radius 3 is 2.39 bits per heavy atom. The fourth-order valence-corrected chi connectivity index (χ4v) is 3.87. The Labute approximate surface area is 182 Å². The minimum atomic E-state index is -3.81. The van der Waals surface area contributed by atoms with Crippen molar-refractivity contribution in [2.24, 2.45) is 4.40 Å². The second-order valence-corrected chi connectivity index (χ2v) is 9.66. The predicted octanol–water partition coefficient (Wildman–Crippen LogP) is 4.71. The third-order valence-electron chi connectivity index (χ3n) is 4.55. The second kappa shape index (κ2) is 8.89. The van der Waals surface area contributed by atoms with Crippen LogP contribution >= 0.6 is 0 Å². The first-order valence-corrected chi connectivity index (χ1v) is 11.4. The monoisotopic (exact) mass is 438 g/mol. The van der Waals surface area contributed by atoms with Crippen molar-refractivity contribution in [3.05, 3.63) is 76.8 Å². The van der Waals surface area contributed by atoms with Gasteiger partial charge in [0.15, 0.2) is 0 Å². The number of nitrogens with zero attached hydrogens (tertiary/aromatic N) is 2. The van der Waals surface area contributed by atoms with Crippen molar-refractivity contribution in [1.29, 1.82) is 0 Å². The molecule has 0 N–H and O–H groups in total. The fourth-order valence-electron chi connectivity index (χ4n) is 3.22. The van der Waals surface area contributed by atoms with Crippen LogP contribution in [0.2, 0.25) is 0 Å². The molecule has 0 fully saturated rings. The van der Waals surface area contributed by atoms with Crippen molar-refractivity contribution in [3.63, 3.8) is 0 Å². The van der Waals surface area contributed by atoms with Crippen LogP contribution in [-0.2, 0) is 26.1 Å². The molecule has 0 spiro atoms. The Hall–Kier alpha value is -3.19. The van der Waals surface area contributed by atoms with Gasteiger partial charge < -0.3 is 9.30 Å². The van der Waals surface area contributed by atoms with E-state index in [0.717, 1.165) is 27.6 Å². The second-order valence-electron chi connectivity index (χ2n) is 8.15. The molecule has 0 aliphatic rings. The molecule has 0 amide bonds. The molecule has 1 aromatic heterocycles. The van der Waals surface area contributed by atoms with Crippen molar-refractivity contribution in [1.82, 2.24) is 4.57 Å². The molecular weight excluding hydrogens is 412 g/mol. The number of rotatable bonds is 6. The smallest absolute Gasteiger partial charge is 0.326 e. The largest absolute Gasteiger partial charge is 0.459 e. The van der Waals surface area contributed by atoms with E-state index >= 15 is 0 Å². The highest BCUT2D eigenvalue weighted by atomic mass is 32.2. The SMILES string of the molecule is Cc1c(C=NS(=O)(=O)C=Cc2ccccc2)c2ccccc2n1CC(=O)OC(C)(C)C. The number of aromatic nitrogens is 1. The van der Waals surface area contributed by atoms with Gasteiger partial charge in [-0.25, -0.2) is 0 Å². The van der Waals surface area contributed by atoms with E-state index < -0.39 is 15.6 Å². The Balaban J connectivity index is 1.93. The zero-order valence-corrected chi connectivity index (χ0v) is 18.9. The first-order valence-electron chi connectivity index (χ1n) is 9.89. The maximum atomic E-state index is 12.4. The summed E-state index contributed by atoms with van der Waals surface area (Å²) in [7, 11) is -3.81. The van der Waals surface area contributed by atoms with Crippen LogP contribution < -0.4 is 0 Å². The van der Waals surface area contributed by atoms with Gasteiger partial charge in [0, 0.05) is 22.2 Å². The van der Waals surface area contributed by atoms with Gasteiger partial charge in [0.05, 0.1) is 11.6 Å². The quantitative estimate of drug-likeness (QED) is 0.412. The van der Waals surface area contributed by atoms with E-state index in [2.05, 4.69) is 4.40 Å². The lowest BCUT2D eigenvalue weighted by Crippen LogP contribution is -2.26. The molecule has 0 bridgehead atoms. The Kier molecular flexibility index (Phi) is 6.45. The van der Waals surface area contributed by atoms with E-state index in [9.17, 15) is 13.2 Å². The number of sulfonamides is 1. The molecular formula is C24H26N2O4S. The van der Waals surface area contributed by atoms with Crippen LogP contribution in [0.4, 0.5) is 0 Å². The average molecular weight is 439 g/mol. The summed E-state index contributed by atoms with van der Waals surface area (Å²) in [5, 5.41) is 1.89. The van der Waals surface area contributed by atoms with Gasteiger partial charge in [-0.2, -0.15) is 12.8 Å². The van der Waals surface area contributed by atoms with E-state index in [1.54, 1.807) is 0 Å². The summed E-state index contributed by atoms with van der Waals surface area (Å²) in [6.45, 7) is 7.31. The highest BCUT2D eigenvalue weighted by molar-refractivity contribution is 7.93. The van der Waals surface area contributed by atoms with Crippen LogP contribution in [0.3, 0.4) is 0 Å². The van der Waals surface area contributed by atoms with Crippen molar-refractivity contribution >= 4 is 39.2 Å². The van der Waals surface area contributed by atoms with E-state index in [0.29, 0.717) is 5.56 Å². The minimum Gasteiger partial charge on any atom is -0.459 e. The predicted molar refractivity (Wildman–Crippen MR) is 125 cm³/mol. The molecule has 0 aliphatic heterocycles. The fraction of sp³-hybridized carbons (Fsp3) is 0.250.